The fourth-order valence-electron chi connectivity index (χ4n) is 2.25. The first-order chi connectivity index (χ1) is 12.5. The number of likely N-dealkylation sites (N-methyl/N-ethyl adjacent to an activating group) is 1. The molecule has 0 bridgehead atoms. The van der Waals surface area contributed by atoms with Gasteiger partial charge in [0.25, 0.3) is 11.8 Å². The topological polar surface area (TPSA) is 81.9 Å². The van der Waals surface area contributed by atoms with Gasteiger partial charge in [0.15, 0.2) is 6.61 Å². The number of primary amides is 1. The van der Waals surface area contributed by atoms with E-state index in [4.69, 9.17) is 15.2 Å². The molecule has 0 aliphatic heterocycles. The van der Waals surface area contributed by atoms with Crippen molar-refractivity contribution in [3.8, 4) is 11.5 Å². The lowest BCUT2D eigenvalue weighted by atomic mass is 10.2. The molecule has 2 aromatic rings. The van der Waals surface area contributed by atoms with Crippen molar-refractivity contribution in [2.75, 3.05) is 20.3 Å². The molecular formula is C20H22N2O4. The summed E-state index contributed by atoms with van der Waals surface area (Å²) >= 11 is 0. The van der Waals surface area contributed by atoms with Crippen molar-refractivity contribution in [3.63, 3.8) is 0 Å². The number of benzene rings is 2. The normalized spacial score (nSPS) is 10.0. The molecule has 2 N–H and O–H groups in total. The standard InChI is InChI=1S/C20H22N2O4/c1-3-12-25-16-10-8-15(9-11-16)13-22(2)19(23)14-26-18-7-5-4-6-17(18)20(21)24/h3-11H,1,12-14H2,2H3,(H2,21,24). The predicted octanol–water partition coefficient (Wildman–Crippen LogP) is 2.39. The number of para-hydroxylation sites is 1. The summed E-state index contributed by atoms with van der Waals surface area (Å²) in [5.41, 5.74) is 6.51. The first-order valence-corrected chi connectivity index (χ1v) is 8.09. The van der Waals surface area contributed by atoms with Crippen LogP contribution in [0.4, 0.5) is 0 Å². The van der Waals surface area contributed by atoms with Crippen LogP contribution in [0.3, 0.4) is 0 Å². The molecule has 0 atom stereocenters. The summed E-state index contributed by atoms with van der Waals surface area (Å²) in [6.45, 7) is 4.30. The number of hydrogen-bond acceptors (Lipinski definition) is 4. The Bertz CT molecular complexity index is 772. The van der Waals surface area contributed by atoms with Crippen molar-refractivity contribution in [1.29, 1.82) is 0 Å². The van der Waals surface area contributed by atoms with E-state index in [-0.39, 0.29) is 18.1 Å². The summed E-state index contributed by atoms with van der Waals surface area (Å²) in [6, 6.07) is 14.0. The minimum Gasteiger partial charge on any atom is -0.490 e. The third-order valence-corrected chi connectivity index (χ3v) is 3.64. The number of rotatable bonds is 9. The summed E-state index contributed by atoms with van der Waals surface area (Å²) in [7, 11) is 1.69. The second-order valence-corrected chi connectivity index (χ2v) is 5.64. The lowest BCUT2D eigenvalue weighted by Crippen LogP contribution is -2.31. The van der Waals surface area contributed by atoms with E-state index >= 15 is 0 Å². The number of nitrogens with zero attached hydrogens (tertiary/aromatic N) is 1. The third-order valence-electron chi connectivity index (χ3n) is 3.64. The van der Waals surface area contributed by atoms with Crippen LogP contribution in [-0.2, 0) is 11.3 Å². The molecule has 2 aromatic carbocycles. The molecule has 2 amide bonds. The fraction of sp³-hybridized carbons (Fsp3) is 0.200. The van der Waals surface area contributed by atoms with Crippen molar-refractivity contribution in [2.45, 2.75) is 6.54 Å². The average Bonchev–Trinajstić information content (AvgIpc) is 2.65. The van der Waals surface area contributed by atoms with Crippen LogP contribution >= 0.6 is 0 Å². The van der Waals surface area contributed by atoms with Crippen molar-refractivity contribution in [1.82, 2.24) is 4.90 Å². The first kappa shape index (κ1) is 19.1. The van der Waals surface area contributed by atoms with Gasteiger partial charge in [0, 0.05) is 13.6 Å². The Morgan fingerprint density at radius 2 is 1.81 bits per heavy atom. The van der Waals surface area contributed by atoms with Crippen molar-refractivity contribution in [2.24, 2.45) is 5.73 Å². The zero-order valence-electron chi connectivity index (χ0n) is 14.7. The minimum atomic E-state index is -0.597. The van der Waals surface area contributed by atoms with Crippen molar-refractivity contribution in [3.05, 3.63) is 72.3 Å². The fourth-order valence-corrected chi connectivity index (χ4v) is 2.25. The molecule has 6 nitrogen and oxygen atoms in total. The van der Waals surface area contributed by atoms with Gasteiger partial charge >= 0.3 is 0 Å². The summed E-state index contributed by atoms with van der Waals surface area (Å²) in [5, 5.41) is 0. The Balaban J connectivity index is 1.89. The smallest absolute Gasteiger partial charge is 0.260 e. The highest BCUT2D eigenvalue weighted by atomic mass is 16.5. The quantitative estimate of drug-likeness (QED) is 0.701. The van der Waals surface area contributed by atoms with Crippen LogP contribution < -0.4 is 15.2 Å². The molecule has 0 spiro atoms. The highest BCUT2D eigenvalue weighted by molar-refractivity contribution is 5.95. The largest absolute Gasteiger partial charge is 0.490 e. The van der Waals surface area contributed by atoms with E-state index in [1.807, 2.05) is 24.3 Å². The van der Waals surface area contributed by atoms with E-state index in [1.54, 1.807) is 42.3 Å². The lowest BCUT2D eigenvalue weighted by molar-refractivity contribution is -0.132. The molecule has 0 unspecified atom stereocenters. The molecule has 2 rings (SSSR count). The SMILES string of the molecule is C=CCOc1ccc(CN(C)C(=O)COc2ccccc2C(N)=O)cc1. The first-order valence-electron chi connectivity index (χ1n) is 8.09. The molecule has 6 heteroatoms. The van der Waals surface area contributed by atoms with Crippen LogP contribution in [0.15, 0.2) is 61.2 Å². The van der Waals surface area contributed by atoms with E-state index < -0.39 is 5.91 Å². The Hall–Kier alpha value is -3.28. The summed E-state index contributed by atoms with van der Waals surface area (Å²) in [5.74, 6) is 0.232. The van der Waals surface area contributed by atoms with Crippen LogP contribution in [0.1, 0.15) is 15.9 Å². The maximum absolute atomic E-state index is 12.3. The summed E-state index contributed by atoms with van der Waals surface area (Å²) in [4.78, 5) is 25.2. The van der Waals surface area contributed by atoms with E-state index in [0.29, 0.717) is 18.9 Å². The molecule has 0 heterocycles. The number of nitrogens with two attached hydrogens (primary N) is 1. The number of hydrogen-bond donors (Lipinski definition) is 1. The molecule has 26 heavy (non-hydrogen) atoms. The minimum absolute atomic E-state index is 0.179. The monoisotopic (exact) mass is 354 g/mol. The second-order valence-electron chi connectivity index (χ2n) is 5.64. The molecular weight excluding hydrogens is 332 g/mol. The van der Waals surface area contributed by atoms with E-state index in [9.17, 15) is 9.59 Å². The molecule has 0 saturated heterocycles. The van der Waals surface area contributed by atoms with Gasteiger partial charge in [-0.3, -0.25) is 9.59 Å². The van der Waals surface area contributed by atoms with Gasteiger partial charge in [0.1, 0.15) is 18.1 Å². The van der Waals surface area contributed by atoms with Crippen LogP contribution in [0, 0.1) is 0 Å². The van der Waals surface area contributed by atoms with Gasteiger partial charge in [-0.2, -0.15) is 0 Å². The molecule has 136 valence electrons. The highest BCUT2D eigenvalue weighted by Crippen LogP contribution is 2.17. The van der Waals surface area contributed by atoms with E-state index in [2.05, 4.69) is 6.58 Å². The maximum atomic E-state index is 12.3. The second kappa shape index (κ2) is 9.27. The molecule has 0 aromatic heterocycles. The van der Waals surface area contributed by atoms with Gasteiger partial charge in [0.05, 0.1) is 5.56 Å². The molecule has 0 aliphatic rings. The highest BCUT2D eigenvalue weighted by Gasteiger charge is 2.13. The summed E-state index contributed by atoms with van der Waals surface area (Å²) in [6.07, 6.45) is 1.68. The Morgan fingerprint density at radius 3 is 2.46 bits per heavy atom. The third kappa shape index (κ3) is 5.37. The van der Waals surface area contributed by atoms with E-state index in [0.717, 1.165) is 11.3 Å². The van der Waals surface area contributed by atoms with Gasteiger partial charge < -0.3 is 20.1 Å². The molecule has 0 saturated carbocycles. The Labute approximate surface area is 152 Å². The Morgan fingerprint density at radius 1 is 1.12 bits per heavy atom. The van der Waals surface area contributed by atoms with Crippen molar-refractivity contribution < 1.29 is 19.1 Å². The average molecular weight is 354 g/mol. The zero-order valence-corrected chi connectivity index (χ0v) is 14.7. The lowest BCUT2D eigenvalue weighted by Gasteiger charge is -2.18. The van der Waals surface area contributed by atoms with Crippen LogP contribution in [-0.4, -0.2) is 37.0 Å². The van der Waals surface area contributed by atoms with Gasteiger partial charge in [0.2, 0.25) is 0 Å². The molecule has 0 radical (unpaired) electrons. The van der Waals surface area contributed by atoms with Crippen LogP contribution in [0.2, 0.25) is 0 Å². The van der Waals surface area contributed by atoms with Crippen molar-refractivity contribution >= 4 is 11.8 Å². The molecule has 0 aliphatic carbocycles. The number of ether oxygens (including phenoxy) is 2. The number of amides is 2. The van der Waals surface area contributed by atoms with Gasteiger partial charge in [-0.1, -0.05) is 36.9 Å². The predicted molar refractivity (Wildman–Crippen MR) is 99.1 cm³/mol. The summed E-state index contributed by atoms with van der Waals surface area (Å²) < 4.78 is 10.9. The Kier molecular flexibility index (Phi) is 6.79. The zero-order chi connectivity index (χ0) is 18.9. The number of carbonyl (C=O) groups is 2. The van der Waals surface area contributed by atoms with Gasteiger partial charge in [-0.05, 0) is 29.8 Å². The number of carbonyl (C=O) groups excluding carboxylic acids is 2. The maximum Gasteiger partial charge on any atom is 0.260 e. The van der Waals surface area contributed by atoms with Gasteiger partial charge in [-0.15, -0.1) is 0 Å². The van der Waals surface area contributed by atoms with Gasteiger partial charge in [-0.25, -0.2) is 0 Å². The molecule has 0 fully saturated rings. The van der Waals surface area contributed by atoms with E-state index in [1.165, 1.54) is 0 Å². The van der Waals surface area contributed by atoms with Crippen LogP contribution in [0.25, 0.3) is 0 Å². The van der Waals surface area contributed by atoms with Crippen LogP contribution in [0.5, 0.6) is 11.5 Å².